The highest BCUT2D eigenvalue weighted by atomic mass is 16.5. The van der Waals surface area contributed by atoms with Gasteiger partial charge in [-0.3, -0.25) is 4.79 Å². The Morgan fingerprint density at radius 2 is 1.85 bits per heavy atom. The maximum Gasteiger partial charge on any atom is 0.244 e. The molecule has 0 spiro atoms. The fourth-order valence-corrected chi connectivity index (χ4v) is 4.74. The predicted octanol–water partition coefficient (Wildman–Crippen LogP) is 3.57. The summed E-state index contributed by atoms with van der Waals surface area (Å²) >= 11 is 0. The van der Waals surface area contributed by atoms with E-state index in [0.717, 1.165) is 24.1 Å². The van der Waals surface area contributed by atoms with Gasteiger partial charge >= 0.3 is 0 Å². The van der Waals surface area contributed by atoms with Crippen LogP contribution in [0.1, 0.15) is 45.6 Å². The average Bonchev–Trinajstić information content (AvgIpc) is 2.99. The van der Waals surface area contributed by atoms with Crippen molar-refractivity contribution in [3.63, 3.8) is 0 Å². The van der Waals surface area contributed by atoms with Gasteiger partial charge in [0.1, 0.15) is 0 Å². The molecule has 0 unspecified atom stereocenters. The summed E-state index contributed by atoms with van der Waals surface area (Å²) in [6, 6.07) is 3.59. The van der Waals surface area contributed by atoms with E-state index in [1.807, 2.05) is 6.07 Å². The molecule has 2 atom stereocenters. The summed E-state index contributed by atoms with van der Waals surface area (Å²) in [5, 5.41) is 4.52. The Hall–Kier alpha value is -2.24. The fourth-order valence-electron chi connectivity index (χ4n) is 4.74. The van der Waals surface area contributed by atoms with E-state index >= 15 is 0 Å². The number of nitrogens with zero attached hydrogens (tertiary/aromatic N) is 1. The molecule has 27 heavy (non-hydrogen) atoms. The van der Waals surface area contributed by atoms with Gasteiger partial charge in [0.25, 0.3) is 0 Å². The van der Waals surface area contributed by atoms with Gasteiger partial charge in [-0.25, -0.2) is 5.43 Å². The number of hydrazone groups is 1. The molecular weight excluding hydrogens is 344 g/mol. The van der Waals surface area contributed by atoms with Crippen LogP contribution in [0.3, 0.4) is 0 Å². The van der Waals surface area contributed by atoms with Gasteiger partial charge in [0.15, 0.2) is 11.5 Å². The molecule has 6 nitrogen and oxygen atoms in total. The summed E-state index contributed by atoms with van der Waals surface area (Å²) in [5.41, 5.74) is 4.92. The number of benzene rings is 1. The summed E-state index contributed by atoms with van der Waals surface area (Å²) in [4.78, 5) is 12.5. The van der Waals surface area contributed by atoms with Crippen LogP contribution in [0.25, 0.3) is 0 Å². The predicted molar refractivity (Wildman–Crippen MR) is 105 cm³/mol. The Labute approximate surface area is 161 Å². The molecule has 1 aromatic rings. The van der Waals surface area contributed by atoms with Gasteiger partial charge < -0.3 is 14.2 Å². The number of rotatable bonds is 6. The van der Waals surface area contributed by atoms with Crippen molar-refractivity contribution in [1.82, 2.24) is 5.43 Å². The van der Waals surface area contributed by atoms with Crippen molar-refractivity contribution in [3.05, 3.63) is 17.7 Å². The van der Waals surface area contributed by atoms with Crippen LogP contribution < -0.4 is 19.6 Å². The van der Waals surface area contributed by atoms with Gasteiger partial charge in [0.05, 0.1) is 27.8 Å². The van der Waals surface area contributed by atoms with E-state index in [1.165, 1.54) is 6.42 Å². The molecule has 2 fully saturated rings. The van der Waals surface area contributed by atoms with E-state index in [1.54, 1.807) is 27.4 Å². The first-order valence-corrected chi connectivity index (χ1v) is 9.42. The van der Waals surface area contributed by atoms with Crippen LogP contribution in [-0.4, -0.2) is 32.9 Å². The maximum absolute atomic E-state index is 12.5. The average molecular weight is 374 g/mol. The van der Waals surface area contributed by atoms with Crippen LogP contribution in [0, 0.1) is 16.7 Å². The van der Waals surface area contributed by atoms with Crippen LogP contribution in [0.2, 0.25) is 0 Å². The largest absolute Gasteiger partial charge is 0.493 e. The Bertz CT molecular complexity index is 772. The highest BCUT2D eigenvalue weighted by molar-refractivity contribution is 5.95. The van der Waals surface area contributed by atoms with Crippen LogP contribution in [-0.2, 0) is 11.2 Å². The topological polar surface area (TPSA) is 69.2 Å². The molecule has 2 aliphatic rings. The van der Waals surface area contributed by atoms with E-state index in [9.17, 15) is 4.79 Å². The molecule has 6 heteroatoms. The first-order valence-electron chi connectivity index (χ1n) is 9.42. The monoisotopic (exact) mass is 374 g/mol. The molecule has 0 saturated heterocycles. The lowest BCUT2D eigenvalue weighted by Gasteiger charge is -2.34. The third-order valence-corrected chi connectivity index (χ3v) is 6.96. The Morgan fingerprint density at radius 1 is 1.15 bits per heavy atom. The van der Waals surface area contributed by atoms with Crippen molar-refractivity contribution in [2.45, 2.75) is 46.5 Å². The van der Waals surface area contributed by atoms with E-state index in [2.05, 4.69) is 31.3 Å². The van der Waals surface area contributed by atoms with Crippen LogP contribution in [0.15, 0.2) is 17.2 Å². The second-order valence-corrected chi connectivity index (χ2v) is 8.26. The van der Waals surface area contributed by atoms with Gasteiger partial charge in [-0.05, 0) is 36.7 Å². The highest BCUT2D eigenvalue weighted by Gasteiger charge is 2.60. The molecule has 0 heterocycles. The molecule has 148 valence electrons. The number of carbonyl (C=O) groups excluding carboxylic acids is 1. The Balaban J connectivity index is 1.74. The van der Waals surface area contributed by atoms with E-state index in [-0.39, 0.29) is 23.2 Å². The molecule has 3 rings (SSSR count). The molecule has 2 aliphatic carbocycles. The van der Waals surface area contributed by atoms with Crippen molar-refractivity contribution in [2.24, 2.45) is 21.8 Å². The first kappa shape index (κ1) is 19.5. The second kappa shape index (κ2) is 7.06. The summed E-state index contributed by atoms with van der Waals surface area (Å²) in [7, 11) is 4.67. The fraction of sp³-hybridized carbons (Fsp3) is 0.619. The van der Waals surface area contributed by atoms with Crippen LogP contribution in [0.4, 0.5) is 0 Å². The number of carbonyl (C=O) groups is 1. The van der Waals surface area contributed by atoms with Crippen molar-refractivity contribution >= 4 is 11.6 Å². The number of ether oxygens (including phenoxy) is 3. The molecule has 0 radical (unpaired) electrons. The molecular formula is C21H30N2O4. The molecule has 2 saturated carbocycles. The van der Waals surface area contributed by atoms with Gasteiger partial charge in [-0.2, -0.15) is 5.10 Å². The quantitative estimate of drug-likeness (QED) is 0.773. The third-order valence-electron chi connectivity index (χ3n) is 6.96. The second-order valence-electron chi connectivity index (χ2n) is 8.26. The minimum absolute atomic E-state index is 0.0754. The third kappa shape index (κ3) is 3.05. The summed E-state index contributed by atoms with van der Waals surface area (Å²) in [6.07, 6.45) is 3.52. The molecule has 1 N–H and O–H groups in total. The summed E-state index contributed by atoms with van der Waals surface area (Å²) in [5.74, 6) is 2.05. The lowest BCUT2D eigenvalue weighted by molar-refractivity contribution is -0.120. The molecule has 1 aromatic carbocycles. The number of methoxy groups -OCH3 is 3. The van der Waals surface area contributed by atoms with E-state index in [0.29, 0.717) is 23.2 Å². The maximum atomic E-state index is 12.5. The minimum atomic E-state index is -0.169. The highest BCUT2D eigenvalue weighted by Crippen LogP contribution is 2.63. The lowest BCUT2D eigenvalue weighted by atomic mass is 9.70. The normalized spacial score (nSPS) is 26.9. The molecule has 2 bridgehead atoms. The lowest BCUT2D eigenvalue weighted by Crippen LogP contribution is -2.34. The van der Waals surface area contributed by atoms with Crippen LogP contribution >= 0.6 is 0 Å². The number of amides is 1. The molecule has 1 amide bonds. The van der Waals surface area contributed by atoms with E-state index < -0.39 is 0 Å². The molecule has 0 aliphatic heterocycles. The van der Waals surface area contributed by atoms with Gasteiger partial charge in [-0.1, -0.05) is 26.8 Å². The zero-order valence-electron chi connectivity index (χ0n) is 17.1. The zero-order valence-corrected chi connectivity index (χ0v) is 17.1. The minimum Gasteiger partial charge on any atom is -0.493 e. The van der Waals surface area contributed by atoms with Crippen LogP contribution in [0.5, 0.6) is 17.2 Å². The summed E-state index contributed by atoms with van der Waals surface area (Å²) < 4.78 is 16.1. The Morgan fingerprint density at radius 3 is 2.37 bits per heavy atom. The number of fused-ring (bicyclic) bond motifs is 2. The smallest absolute Gasteiger partial charge is 0.244 e. The van der Waals surface area contributed by atoms with Crippen molar-refractivity contribution in [3.8, 4) is 17.2 Å². The number of hydrogen-bond acceptors (Lipinski definition) is 5. The number of hydrogen-bond donors (Lipinski definition) is 1. The molecule has 0 aromatic heterocycles. The summed E-state index contributed by atoms with van der Waals surface area (Å²) in [6.45, 7) is 6.93. The van der Waals surface area contributed by atoms with Crippen molar-refractivity contribution in [2.75, 3.05) is 21.3 Å². The Kier molecular flexibility index (Phi) is 5.10. The van der Waals surface area contributed by atoms with Gasteiger partial charge in [0, 0.05) is 16.7 Å². The zero-order chi connectivity index (χ0) is 19.8. The SMILES string of the molecule is COc1ccc(CC(=O)N/N=C2/C[C@@H]3CC[C@]2(C)C3(C)C)c(OC)c1OC. The standard InChI is InChI=1S/C21H30N2O4/c1-20(2)14-9-10-21(20,3)16(12-14)22-23-17(24)11-13-7-8-15(25-4)19(27-6)18(13)26-5/h7-8,14H,9-12H2,1-6H3,(H,23,24)/b22-16-/t14-,21-/m0/s1. The van der Waals surface area contributed by atoms with Gasteiger partial charge in [0.2, 0.25) is 11.7 Å². The van der Waals surface area contributed by atoms with Crippen molar-refractivity contribution in [1.29, 1.82) is 0 Å². The van der Waals surface area contributed by atoms with Crippen molar-refractivity contribution < 1.29 is 19.0 Å². The number of nitrogens with one attached hydrogen (secondary N) is 1. The van der Waals surface area contributed by atoms with E-state index in [4.69, 9.17) is 14.2 Å². The van der Waals surface area contributed by atoms with Gasteiger partial charge in [-0.15, -0.1) is 0 Å². The first-order chi connectivity index (χ1) is 12.8.